The van der Waals surface area contributed by atoms with Crippen LogP contribution in [0.25, 0.3) is 0 Å². The van der Waals surface area contributed by atoms with E-state index in [9.17, 15) is 5.26 Å². The second-order valence-corrected chi connectivity index (χ2v) is 5.54. The highest BCUT2D eigenvalue weighted by Crippen LogP contribution is 2.39. The number of hydrogen-bond donors (Lipinski definition) is 0. The third kappa shape index (κ3) is 2.90. The summed E-state index contributed by atoms with van der Waals surface area (Å²) in [6.45, 7) is 0. The van der Waals surface area contributed by atoms with E-state index in [-0.39, 0.29) is 6.10 Å². The van der Waals surface area contributed by atoms with Gasteiger partial charge in [0.1, 0.15) is 5.75 Å². The molecule has 1 aromatic heterocycles. The van der Waals surface area contributed by atoms with Gasteiger partial charge < -0.3 is 4.74 Å². The second kappa shape index (κ2) is 5.97. The lowest BCUT2D eigenvalue weighted by Gasteiger charge is -2.34. The van der Waals surface area contributed by atoms with Crippen molar-refractivity contribution in [3.8, 4) is 11.8 Å². The van der Waals surface area contributed by atoms with Gasteiger partial charge in [-0.05, 0) is 49.9 Å². The van der Waals surface area contributed by atoms with Crippen LogP contribution in [0.5, 0.6) is 5.75 Å². The summed E-state index contributed by atoms with van der Waals surface area (Å²) in [5.41, 5.74) is 0.448. The molecule has 0 aliphatic heterocycles. The van der Waals surface area contributed by atoms with E-state index in [4.69, 9.17) is 4.74 Å². The van der Waals surface area contributed by atoms with Gasteiger partial charge in [0.15, 0.2) is 0 Å². The Bertz CT molecular complexity index is 611. The maximum Gasteiger partial charge on any atom is 0.119 e. The highest BCUT2D eigenvalue weighted by Gasteiger charge is 2.38. The van der Waals surface area contributed by atoms with Crippen molar-refractivity contribution >= 4 is 0 Å². The largest absolute Gasteiger partial charge is 0.490 e. The zero-order valence-corrected chi connectivity index (χ0v) is 11.9. The summed E-state index contributed by atoms with van der Waals surface area (Å²) in [5, 5.41) is 9.64. The van der Waals surface area contributed by atoms with Crippen LogP contribution in [0.4, 0.5) is 0 Å². The lowest BCUT2D eigenvalue weighted by molar-refractivity contribution is 0.131. The zero-order valence-electron chi connectivity index (χ0n) is 11.9. The van der Waals surface area contributed by atoms with Crippen LogP contribution in [0.15, 0.2) is 54.7 Å². The van der Waals surface area contributed by atoms with Crippen molar-refractivity contribution in [3.63, 3.8) is 0 Å². The van der Waals surface area contributed by atoms with E-state index < -0.39 is 5.41 Å². The molecular weight excluding hydrogens is 260 g/mol. The maximum atomic E-state index is 9.64. The number of pyridine rings is 1. The minimum atomic E-state index is -0.447. The molecule has 1 aromatic carbocycles. The van der Waals surface area contributed by atoms with Crippen LogP contribution in [0.1, 0.15) is 31.4 Å². The molecule has 0 atom stereocenters. The molecule has 0 N–H and O–H groups in total. The van der Waals surface area contributed by atoms with Gasteiger partial charge in [0, 0.05) is 6.20 Å². The Kier molecular flexibility index (Phi) is 3.87. The zero-order chi connectivity index (χ0) is 14.5. The van der Waals surface area contributed by atoms with E-state index in [0.717, 1.165) is 37.1 Å². The summed E-state index contributed by atoms with van der Waals surface area (Å²) in [6.07, 6.45) is 5.34. The van der Waals surface area contributed by atoms with Gasteiger partial charge in [-0.1, -0.05) is 24.3 Å². The molecule has 21 heavy (non-hydrogen) atoms. The Morgan fingerprint density at radius 2 is 1.76 bits per heavy atom. The third-order valence-electron chi connectivity index (χ3n) is 4.20. The molecule has 0 bridgehead atoms. The van der Waals surface area contributed by atoms with Gasteiger partial charge in [-0.25, -0.2) is 0 Å². The molecule has 1 saturated carbocycles. The first-order valence-corrected chi connectivity index (χ1v) is 7.37. The number of nitrogens with zero attached hydrogens (tertiary/aromatic N) is 2. The molecule has 0 amide bonds. The quantitative estimate of drug-likeness (QED) is 0.856. The number of ether oxygens (including phenoxy) is 1. The van der Waals surface area contributed by atoms with Crippen LogP contribution in [-0.2, 0) is 5.41 Å². The molecular formula is C18H18N2O. The van der Waals surface area contributed by atoms with Gasteiger partial charge in [-0.15, -0.1) is 0 Å². The molecule has 0 spiro atoms. The van der Waals surface area contributed by atoms with E-state index in [2.05, 4.69) is 11.1 Å². The topological polar surface area (TPSA) is 45.9 Å². The van der Waals surface area contributed by atoms with Gasteiger partial charge in [-0.3, -0.25) is 4.98 Å². The summed E-state index contributed by atoms with van der Waals surface area (Å²) in [4.78, 5) is 4.39. The van der Waals surface area contributed by atoms with Crippen molar-refractivity contribution in [2.24, 2.45) is 0 Å². The lowest BCUT2D eigenvalue weighted by atomic mass is 9.72. The number of hydrogen-bond acceptors (Lipinski definition) is 3. The Morgan fingerprint density at radius 1 is 1.05 bits per heavy atom. The van der Waals surface area contributed by atoms with Crippen molar-refractivity contribution in [3.05, 3.63) is 60.4 Å². The van der Waals surface area contributed by atoms with Crippen LogP contribution in [0, 0.1) is 11.3 Å². The molecule has 3 heteroatoms. The molecule has 3 rings (SSSR count). The molecule has 2 aromatic rings. The number of benzene rings is 1. The number of rotatable bonds is 3. The number of aromatic nitrogens is 1. The fraction of sp³-hybridized carbons (Fsp3) is 0.333. The fourth-order valence-electron chi connectivity index (χ4n) is 2.96. The molecule has 1 heterocycles. The van der Waals surface area contributed by atoms with Gasteiger partial charge in [0.2, 0.25) is 0 Å². The van der Waals surface area contributed by atoms with E-state index in [1.807, 2.05) is 48.5 Å². The Hall–Kier alpha value is -2.34. The minimum absolute atomic E-state index is 0.192. The molecule has 0 radical (unpaired) electrons. The first-order valence-electron chi connectivity index (χ1n) is 7.37. The molecule has 3 nitrogen and oxygen atoms in total. The molecule has 0 saturated heterocycles. The highest BCUT2D eigenvalue weighted by atomic mass is 16.5. The van der Waals surface area contributed by atoms with E-state index in [1.54, 1.807) is 6.20 Å². The average Bonchev–Trinajstić information content (AvgIpc) is 2.58. The summed E-state index contributed by atoms with van der Waals surface area (Å²) in [6, 6.07) is 18.2. The Labute approximate surface area is 125 Å². The van der Waals surface area contributed by atoms with Crippen molar-refractivity contribution in [2.45, 2.75) is 37.2 Å². The Morgan fingerprint density at radius 3 is 2.38 bits per heavy atom. The van der Waals surface area contributed by atoms with Gasteiger partial charge in [0.25, 0.3) is 0 Å². The summed E-state index contributed by atoms with van der Waals surface area (Å²) < 4.78 is 6.00. The fourth-order valence-corrected chi connectivity index (χ4v) is 2.96. The summed E-state index contributed by atoms with van der Waals surface area (Å²) in [7, 11) is 0. The van der Waals surface area contributed by atoms with Crippen LogP contribution >= 0.6 is 0 Å². The number of para-hydroxylation sites is 1. The predicted octanol–water partition coefficient (Wildman–Crippen LogP) is 3.86. The monoisotopic (exact) mass is 278 g/mol. The Balaban J connectivity index is 1.68. The summed E-state index contributed by atoms with van der Waals surface area (Å²) >= 11 is 0. The smallest absolute Gasteiger partial charge is 0.119 e. The number of nitriles is 1. The van der Waals surface area contributed by atoms with Crippen LogP contribution < -0.4 is 4.74 Å². The molecule has 106 valence electrons. The van der Waals surface area contributed by atoms with E-state index >= 15 is 0 Å². The minimum Gasteiger partial charge on any atom is -0.490 e. The molecule has 1 aliphatic rings. The van der Waals surface area contributed by atoms with Gasteiger partial charge >= 0.3 is 0 Å². The SMILES string of the molecule is N#CC1(c2ccccn2)CCC(Oc2ccccc2)CC1. The van der Waals surface area contributed by atoms with E-state index in [0.29, 0.717) is 0 Å². The van der Waals surface area contributed by atoms with Crippen molar-refractivity contribution in [2.75, 3.05) is 0 Å². The molecule has 0 unspecified atom stereocenters. The first-order chi connectivity index (χ1) is 10.3. The predicted molar refractivity (Wildman–Crippen MR) is 80.9 cm³/mol. The summed E-state index contributed by atoms with van der Waals surface area (Å²) in [5.74, 6) is 0.907. The second-order valence-electron chi connectivity index (χ2n) is 5.54. The van der Waals surface area contributed by atoms with Crippen LogP contribution in [0.3, 0.4) is 0 Å². The lowest BCUT2D eigenvalue weighted by Crippen LogP contribution is -2.35. The van der Waals surface area contributed by atoms with Crippen molar-refractivity contribution < 1.29 is 4.74 Å². The van der Waals surface area contributed by atoms with Crippen molar-refractivity contribution in [1.29, 1.82) is 5.26 Å². The van der Waals surface area contributed by atoms with E-state index in [1.165, 1.54) is 0 Å². The van der Waals surface area contributed by atoms with Gasteiger partial charge in [0.05, 0.1) is 23.3 Å². The first kappa shape index (κ1) is 13.6. The maximum absolute atomic E-state index is 9.64. The van der Waals surface area contributed by atoms with Gasteiger partial charge in [-0.2, -0.15) is 5.26 Å². The molecule has 1 aliphatic carbocycles. The highest BCUT2D eigenvalue weighted by molar-refractivity contribution is 5.27. The standard InChI is InChI=1S/C18H18N2O/c19-14-18(17-8-4-5-13-20-17)11-9-16(10-12-18)21-15-6-2-1-3-7-15/h1-8,13,16H,9-12H2. The normalized spacial score (nSPS) is 25.0. The third-order valence-corrected chi connectivity index (χ3v) is 4.20. The van der Waals surface area contributed by atoms with Crippen LogP contribution in [-0.4, -0.2) is 11.1 Å². The average molecular weight is 278 g/mol. The molecule has 1 fully saturated rings. The van der Waals surface area contributed by atoms with Crippen molar-refractivity contribution in [1.82, 2.24) is 4.98 Å². The van der Waals surface area contributed by atoms with Crippen LogP contribution in [0.2, 0.25) is 0 Å².